The van der Waals surface area contributed by atoms with E-state index in [0.717, 1.165) is 12.1 Å². The van der Waals surface area contributed by atoms with E-state index in [0.29, 0.717) is 16.9 Å². The van der Waals surface area contributed by atoms with Gasteiger partial charge in [-0.3, -0.25) is 9.78 Å². The van der Waals surface area contributed by atoms with Crippen molar-refractivity contribution in [2.75, 3.05) is 6.54 Å². The van der Waals surface area contributed by atoms with Crippen LogP contribution in [-0.2, 0) is 0 Å². The second kappa shape index (κ2) is 5.85. The molecule has 1 aromatic rings. The van der Waals surface area contributed by atoms with E-state index in [9.17, 15) is 4.79 Å². The van der Waals surface area contributed by atoms with Crippen LogP contribution in [-0.4, -0.2) is 22.3 Å². The number of aryl methyl sites for hydroxylation is 1. The molecule has 0 aromatic carbocycles. The third-order valence-corrected chi connectivity index (χ3v) is 2.54. The van der Waals surface area contributed by atoms with Crippen LogP contribution in [0.25, 0.3) is 0 Å². The van der Waals surface area contributed by atoms with Crippen LogP contribution in [0.2, 0.25) is 0 Å². The molecule has 1 amide bonds. The van der Waals surface area contributed by atoms with Crippen molar-refractivity contribution < 1.29 is 4.79 Å². The number of carbonyl (C=O) groups excluding carboxylic acids is 1. The molecule has 1 atom stereocenters. The molecular formula is C11H15BrN2O. The summed E-state index contributed by atoms with van der Waals surface area (Å²) < 4.78 is 0. The van der Waals surface area contributed by atoms with E-state index in [1.807, 2.05) is 6.92 Å². The van der Waals surface area contributed by atoms with Crippen molar-refractivity contribution in [1.29, 1.82) is 0 Å². The zero-order valence-electron chi connectivity index (χ0n) is 8.96. The second-order valence-electron chi connectivity index (χ2n) is 3.46. The summed E-state index contributed by atoms with van der Waals surface area (Å²) in [4.78, 5) is 16.2. The van der Waals surface area contributed by atoms with Gasteiger partial charge in [-0.25, -0.2) is 0 Å². The number of nitrogens with one attached hydrogen (secondary N) is 1. The van der Waals surface area contributed by atoms with Gasteiger partial charge in [0.25, 0.3) is 5.91 Å². The highest BCUT2D eigenvalue weighted by atomic mass is 79.9. The van der Waals surface area contributed by atoms with Gasteiger partial charge in [0.1, 0.15) is 0 Å². The minimum Gasteiger partial charge on any atom is -0.352 e. The summed E-state index contributed by atoms with van der Waals surface area (Å²) >= 11 is 3.43. The first-order valence-corrected chi connectivity index (χ1v) is 5.86. The SMILES string of the molecule is Cc1ncccc1C(=O)NCCC(C)Br. The zero-order chi connectivity index (χ0) is 11.3. The van der Waals surface area contributed by atoms with Gasteiger partial charge >= 0.3 is 0 Å². The van der Waals surface area contributed by atoms with Crippen molar-refractivity contribution in [2.45, 2.75) is 25.1 Å². The molecule has 15 heavy (non-hydrogen) atoms. The number of nitrogens with zero attached hydrogens (tertiary/aromatic N) is 1. The van der Waals surface area contributed by atoms with Crippen LogP contribution in [0.15, 0.2) is 18.3 Å². The minimum absolute atomic E-state index is 0.0475. The van der Waals surface area contributed by atoms with E-state index in [-0.39, 0.29) is 5.91 Å². The van der Waals surface area contributed by atoms with Crippen LogP contribution < -0.4 is 5.32 Å². The Bertz CT molecular complexity index is 339. The van der Waals surface area contributed by atoms with Crippen molar-refractivity contribution in [1.82, 2.24) is 10.3 Å². The summed E-state index contributed by atoms with van der Waals surface area (Å²) in [7, 11) is 0. The number of alkyl halides is 1. The highest BCUT2D eigenvalue weighted by molar-refractivity contribution is 9.09. The lowest BCUT2D eigenvalue weighted by Gasteiger charge is -2.07. The van der Waals surface area contributed by atoms with Crippen LogP contribution in [0, 0.1) is 6.92 Å². The summed E-state index contributed by atoms with van der Waals surface area (Å²) in [5, 5.41) is 2.86. The van der Waals surface area contributed by atoms with Gasteiger partial charge in [-0.2, -0.15) is 0 Å². The second-order valence-corrected chi connectivity index (χ2v) is 5.02. The molecular weight excluding hydrogens is 256 g/mol. The smallest absolute Gasteiger partial charge is 0.253 e. The lowest BCUT2D eigenvalue weighted by Crippen LogP contribution is -2.26. The number of carbonyl (C=O) groups is 1. The number of halogens is 1. The predicted octanol–water partition coefficient (Wildman–Crippen LogP) is 2.29. The Hall–Kier alpha value is -0.900. The third kappa shape index (κ3) is 4.00. The molecule has 0 saturated carbocycles. The van der Waals surface area contributed by atoms with Crippen LogP contribution in [0.3, 0.4) is 0 Å². The lowest BCUT2D eigenvalue weighted by atomic mass is 10.2. The van der Waals surface area contributed by atoms with Gasteiger partial charge in [-0.15, -0.1) is 0 Å². The topological polar surface area (TPSA) is 42.0 Å². The van der Waals surface area contributed by atoms with Crippen molar-refractivity contribution >= 4 is 21.8 Å². The molecule has 3 nitrogen and oxygen atoms in total. The van der Waals surface area contributed by atoms with E-state index in [1.165, 1.54) is 0 Å². The third-order valence-electron chi connectivity index (χ3n) is 2.08. The highest BCUT2D eigenvalue weighted by Crippen LogP contribution is 2.04. The average Bonchev–Trinajstić information content (AvgIpc) is 2.17. The highest BCUT2D eigenvalue weighted by Gasteiger charge is 2.08. The molecule has 1 N–H and O–H groups in total. The minimum atomic E-state index is -0.0475. The fraction of sp³-hybridized carbons (Fsp3) is 0.455. The molecule has 0 fully saturated rings. The van der Waals surface area contributed by atoms with E-state index >= 15 is 0 Å². The Balaban J connectivity index is 2.51. The first kappa shape index (κ1) is 12.2. The number of hydrogen-bond acceptors (Lipinski definition) is 2. The number of rotatable bonds is 4. The Morgan fingerprint density at radius 1 is 1.67 bits per heavy atom. The standard InChI is InChI=1S/C11H15BrN2O/c1-8(12)5-7-14-11(15)10-4-3-6-13-9(10)2/h3-4,6,8H,5,7H2,1-2H3,(H,14,15). The van der Waals surface area contributed by atoms with Gasteiger partial charge in [0.05, 0.1) is 5.56 Å². The van der Waals surface area contributed by atoms with Gasteiger partial charge in [-0.1, -0.05) is 22.9 Å². The first-order chi connectivity index (χ1) is 7.11. The maximum absolute atomic E-state index is 11.7. The molecule has 0 saturated heterocycles. The predicted molar refractivity (Wildman–Crippen MR) is 64.3 cm³/mol. The lowest BCUT2D eigenvalue weighted by molar-refractivity contribution is 0.0952. The van der Waals surface area contributed by atoms with Crippen LogP contribution in [0.5, 0.6) is 0 Å². The number of hydrogen-bond donors (Lipinski definition) is 1. The molecule has 1 aromatic heterocycles. The zero-order valence-corrected chi connectivity index (χ0v) is 10.5. The maximum atomic E-state index is 11.7. The van der Waals surface area contributed by atoms with E-state index < -0.39 is 0 Å². The fourth-order valence-corrected chi connectivity index (χ4v) is 1.43. The average molecular weight is 271 g/mol. The molecule has 1 heterocycles. The molecule has 1 unspecified atom stereocenters. The molecule has 4 heteroatoms. The molecule has 0 aliphatic rings. The molecule has 0 aliphatic carbocycles. The van der Waals surface area contributed by atoms with Crippen LogP contribution in [0.1, 0.15) is 29.4 Å². The van der Waals surface area contributed by atoms with Gasteiger partial charge in [-0.05, 0) is 25.5 Å². The molecule has 0 radical (unpaired) electrons. The van der Waals surface area contributed by atoms with Gasteiger partial charge in [0.2, 0.25) is 0 Å². The van der Waals surface area contributed by atoms with Crippen LogP contribution in [0.4, 0.5) is 0 Å². The molecule has 82 valence electrons. The van der Waals surface area contributed by atoms with Crippen LogP contribution >= 0.6 is 15.9 Å². The van der Waals surface area contributed by atoms with E-state index in [2.05, 4.69) is 33.2 Å². The van der Waals surface area contributed by atoms with Gasteiger partial charge in [0, 0.05) is 23.3 Å². The molecule has 0 spiro atoms. The summed E-state index contributed by atoms with van der Waals surface area (Å²) in [6.45, 7) is 4.57. The fourth-order valence-electron chi connectivity index (χ4n) is 1.20. The maximum Gasteiger partial charge on any atom is 0.253 e. The number of pyridine rings is 1. The van der Waals surface area contributed by atoms with E-state index in [4.69, 9.17) is 0 Å². The quantitative estimate of drug-likeness (QED) is 0.854. The van der Waals surface area contributed by atoms with Gasteiger partial charge in [0.15, 0.2) is 0 Å². The van der Waals surface area contributed by atoms with Crippen molar-refractivity contribution in [3.63, 3.8) is 0 Å². The molecule has 0 aliphatic heterocycles. The van der Waals surface area contributed by atoms with Crippen molar-refractivity contribution in [2.24, 2.45) is 0 Å². The largest absolute Gasteiger partial charge is 0.352 e. The number of amides is 1. The monoisotopic (exact) mass is 270 g/mol. The van der Waals surface area contributed by atoms with Crippen molar-refractivity contribution in [3.05, 3.63) is 29.6 Å². The summed E-state index contributed by atoms with van der Waals surface area (Å²) in [6, 6.07) is 3.56. The molecule has 1 rings (SSSR count). The summed E-state index contributed by atoms with van der Waals surface area (Å²) in [5.41, 5.74) is 1.42. The van der Waals surface area contributed by atoms with Crippen molar-refractivity contribution in [3.8, 4) is 0 Å². The van der Waals surface area contributed by atoms with Gasteiger partial charge < -0.3 is 5.32 Å². The number of aromatic nitrogens is 1. The Morgan fingerprint density at radius 3 is 3.00 bits per heavy atom. The molecule has 0 bridgehead atoms. The Kier molecular flexibility index (Phi) is 4.75. The summed E-state index contributed by atoms with van der Waals surface area (Å²) in [5.74, 6) is -0.0475. The van der Waals surface area contributed by atoms with E-state index in [1.54, 1.807) is 18.3 Å². The summed E-state index contributed by atoms with van der Waals surface area (Å²) in [6.07, 6.45) is 2.61. The Labute approximate surface area is 98.4 Å². The first-order valence-electron chi connectivity index (χ1n) is 4.95. The Morgan fingerprint density at radius 2 is 2.40 bits per heavy atom. The normalized spacial score (nSPS) is 12.2.